The van der Waals surface area contributed by atoms with Gasteiger partial charge in [-0.15, -0.1) is 0 Å². The number of likely N-dealkylation sites (N-methyl/N-ethyl adjacent to an activating group) is 1. The molecule has 3 nitrogen and oxygen atoms in total. The highest BCUT2D eigenvalue weighted by molar-refractivity contribution is 5.46. The standard InChI is InChI=1S/C18H29N3/c1-19-18(16-7-5-6-8-16)15-20-11-13-21(14-12-20)17-9-3-2-4-10-17/h2-4,9-10,16,18-19H,5-8,11-15H2,1H3. The summed E-state index contributed by atoms with van der Waals surface area (Å²) in [5.41, 5.74) is 1.37. The van der Waals surface area contributed by atoms with Crippen LogP contribution in [0.4, 0.5) is 5.69 Å². The Kier molecular flexibility index (Phi) is 5.15. The van der Waals surface area contributed by atoms with Gasteiger partial charge in [0, 0.05) is 44.5 Å². The van der Waals surface area contributed by atoms with Crippen molar-refractivity contribution < 1.29 is 0 Å². The van der Waals surface area contributed by atoms with Gasteiger partial charge in [0.2, 0.25) is 0 Å². The molecule has 1 unspecified atom stereocenters. The molecule has 0 aromatic heterocycles. The molecule has 0 radical (unpaired) electrons. The topological polar surface area (TPSA) is 18.5 Å². The van der Waals surface area contributed by atoms with Gasteiger partial charge in [-0.25, -0.2) is 0 Å². The minimum Gasteiger partial charge on any atom is -0.369 e. The molecular weight excluding hydrogens is 258 g/mol. The maximum Gasteiger partial charge on any atom is 0.0367 e. The van der Waals surface area contributed by atoms with E-state index in [1.807, 2.05) is 0 Å². The molecule has 1 saturated heterocycles. The van der Waals surface area contributed by atoms with E-state index >= 15 is 0 Å². The zero-order valence-electron chi connectivity index (χ0n) is 13.3. The third kappa shape index (κ3) is 3.78. The van der Waals surface area contributed by atoms with Crippen LogP contribution in [0.25, 0.3) is 0 Å². The van der Waals surface area contributed by atoms with Crippen LogP contribution < -0.4 is 10.2 Å². The number of nitrogens with zero attached hydrogens (tertiary/aromatic N) is 2. The summed E-state index contributed by atoms with van der Waals surface area (Å²) in [5, 5.41) is 3.58. The average molecular weight is 287 g/mol. The molecule has 1 heterocycles. The van der Waals surface area contributed by atoms with Crippen molar-refractivity contribution in [2.45, 2.75) is 31.7 Å². The van der Waals surface area contributed by atoms with Crippen LogP contribution in [0.2, 0.25) is 0 Å². The second-order valence-electron chi connectivity index (χ2n) is 6.56. The Hall–Kier alpha value is -1.06. The van der Waals surface area contributed by atoms with Crippen molar-refractivity contribution in [3.63, 3.8) is 0 Å². The molecule has 3 heteroatoms. The first kappa shape index (κ1) is 14.9. The summed E-state index contributed by atoms with van der Waals surface area (Å²) in [4.78, 5) is 5.17. The number of benzene rings is 1. The quantitative estimate of drug-likeness (QED) is 0.898. The zero-order chi connectivity index (χ0) is 14.5. The van der Waals surface area contributed by atoms with Crippen LogP contribution in [-0.2, 0) is 0 Å². The predicted molar refractivity (Wildman–Crippen MR) is 89.9 cm³/mol. The second kappa shape index (κ2) is 7.28. The van der Waals surface area contributed by atoms with Gasteiger partial charge in [0.1, 0.15) is 0 Å². The maximum atomic E-state index is 3.58. The number of nitrogens with one attached hydrogen (secondary N) is 1. The van der Waals surface area contributed by atoms with E-state index in [9.17, 15) is 0 Å². The Bertz CT molecular complexity index is 406. The molecule has 1 saturated carbocycles. The van der Waals surface area contributed by atoms with Crippen LogP contribution in [-0.4, -0.2) is 50.7 Å². The van der Waals surface area contributed by atoms with Crippen LogP contribution in [0.15, 0.2) is 30.3 Å². The van der Waals surface area contributed by atoms with E-state index in [0.717, 1.165) is 19.0 Å². The van der Waals surface area contributed by atoms with Crippen molar-refractivity contribution in [3.8, 4) is 0 Å². The third-order valence-corrected chi connectivity index (χ3v) is 5.29. The summed E-state index contributed by atoms with van der Waals surface area (Å²) in [5.74, 6) is 0.905. The predicted octanol–water partition coefficient (Wildman–Crippen LogP) is 2.59. The molecule has 1 atom stereocenters. The molecule has 116 valence electrons. The van der Waals surface area contributed by atoms with Crippen molar-refractivity contribution in [1.82, 2.24) is 10.2 Å². The van der Waals surface area contributed by atoms with E-state index < -0.39 is 0 Å². The maximum absolute atomic E-state index is 3.58. The molecular formula is C18H29N3. The number of anilines is 1. The number of hydrogen-bond acceptors (Lipinski definition) is 3. The van der Waals surface area contributed by atoms with Gasteiger partial charge >= 0.3 is 0 Å². The first-order valence-electron chi connectivity index (χ1n) is 8.56. The van der Waals surface area contributed by atoms with Crippen molar-refractivity contribution in [2.75, 3.05) is 44.7 Å². The van der Waals surface area contributed by atoms with Crippen molar-refractivity contribution >= 4 is 5.69 Å². The van der Waals surface area contributed by atoms with Gasteiger partial charge in [-0.05, 0) is 37.9 Å². The lowest BCUT2D eigenvalue weighted by Gasteiger charge is -2.38. The van der Waals surface area contributed by atoms with Gasteiger partial charge < -0.3 is 10.2 Å². The summed E-state index contributed by atoms with van der Waals surface area (Å²) < 4.78 is 0. The molecule has 2 aliphatic rings. The summed E-state index contributed by atoms with van der Waals surface area (Å²) in [6, 6.07) is 11.5. The highest BCUT2D eigenvalue weighted by atomic mass is 15.3. The molecule has 1 aromatic carbocycles. The number of piperazine rings is 1. The lowest BCUT2D eigenvalue weighted by Crippen LogP contribution is -2.51. The third-order valence-electron chi connectivity index (χ3n) is 5.29. The van der Waals surface area contributed by atoms with Crippen LogP contribution in [0, 0.1) is 5.92 Å². The van der Waals surface area contributed by atoms with Crippen LogP contribution >= 0.6 is 0 Å². The summed E-state index contributed by atoms with van der Waals surface area (Å²) >= 11 is 0. The van der Waals surface area contributed by atoms with E-state index in [1.54, 1.807) is 0 Å². The molecule has 0 amide bonds. The monoisotopic (exact) mass is 287 g/mol. The molecule has 0 bridgehead atoms. The van der Waals surface area contributed by atoms with Crippen molar-refractivity contribution in [1.29, 1.82) is 0 Å². The normalized spacial score (nSPS) is 22.6. The molecule has 0 spiro atoms. The molecule has 1 aromatic rings. The summed E-state index contributed by atoms with van der Waals surface area (Å²) in [7, 11) is 2.14. The summed E-state index contributed by atoms with van der Waals surface area (Å²) in [6.07, 6.45) is 5.72. The Morgan fingerprint density at radius 3 is 2.33 bits per heavy atom. The van der Waals surface area contributed by atoms with Crippen molar-refractivity contribution in [2.24, 2.45) is 5.92 Å². The number of rotatable bonds is 5. The Labute approximate surface area is 129 Å². The minimum atomic E-state index is 0.691. The minimum absolute atomic E-state index is 0.691. The Morgan fingerprint density at radius 2 is 1.71 bits per heavy atom. The van der Waals surface area contributed by atoms with Gasteiger partial charge in [0.15, 0.2) is 0 Å². The second-order valence-corrected chi connectivity index (χ2v) is 6.56. The molecule has 21 heavy (non-hydrogen) atoms. The van der Waals surface area contributed by atoms with Crippen molar-refractivity contribution in [3.05, 3.63) is 30.3 Å². The zero-order valence-corrected chi connectivity index (χ0v) is 13.3. The fourth-order valence-corrected chi connectivity index (χ4v) is 3.94. The molecule has 3 rings (SSSR count). The Balaban J connectivity index is 1.49. The first-order valence-corrected chi connectivity index (χ1v) is 8.56. The lowest BCUT2D eigenvalue weighted by atomic mass is 9.97. The van der Waals surface area contributed by atoms with Gasteiger partial charge in [0.25, 0.3) is 0 Å². The number of hydrogen-bond donors (Lipinski definition) is 1. The van der Waals surface area contributed by atoms with Crippen LogP contribution in [0.1, 0.15) is 25.7 Å². The van der Waals surface area contributed by atoms with Crippen LogP contribution in [0.5, 0.6) is 0 Å². The van der Waals surface area contributed by atoms with E-state index in [2.05, 4.69) is 52.5 Å². The van der Waals surface area contributed by atoms with E-state index in [-0.39, 0.29) is 0 Å². The highest BCUT2D eigenvalue weighted by Gasteiger charge is 2.27. The van der Waals surface area contributed by atoms with Gasteiger partial charge in [-0.2, -0.15) is 0 Å². The smallest absolute Gasteiger partial charge is 0.0367 e. The van der Waals surface area contributed by atoms with Gasteiger partial charge in [-0.3, -0.25) is 4.90 Å². The highest BCUT2D eigenvalue weighted by Crippen LogP contribution is 2.28. The molecule has 2 fully saturated rings. The Morgan fingerprint density at radius 1 is 1.05 bits per heavy atom. The van der Waals surface area contributed by atoms with Gasteiger partial charge in [0.05, 0.1) is 0 Å². The van der Waals surface area contributed by atoms with E-state index in [0.29, 0.717) is 6.04 Å². The fourth-order valence-electron chi connectivity index (χ4n) is 3.94. The molecule has 1 N–H and O–H groups in total. The van der Waals surface area contributed by atoms with E-state index in [1.165, 1.54) is 51.0 Å². The van der Waals surface area contributed by atoms with Crippen LogP contribution in [0.3, 0.4) is 0 Å². The molecule has 1 aliphatic heterocycles. The largest absolute Gasteiger partial charge is 0.369 e. The van der Waals surface area contributed by atoms with Gasteiger partial charge in [-0.1, -0.05) is 31.0 Å². The van der Waals surface area contributed by atoms with E-state index in [4.69, 9.17) is 0 Å². The number of para-hydroxylation sites is 1. The fraction of sp³-hybridized carbons (Fsp3) is 0.667. The SMILES string of the molecule is CNC(CN1CCN(c2ccccc2)CC1)C1CCCC1. The molecule has 1 aliphatic carbocycles. The lowest BCUT2D eigenvalue weighted by molar-refractivity contribution is 0.204. The average Bonchev–Trinajstić information content (AvgIpc) is 3.08. The summed E-state index contributed by atoms with van der Waals surface area (Å²) in [6.45, 7) is 5.93. The first-order chi connectivity index (χ1) is 10.4.